The van der Waals surface area contributed by atoms with Gasteiger partial charge in [-0.1, -0.05) is 23.7 Å². The van der Waals surface area contributed by atoms with Crippen molar-refractivity contribution in [3.63, 3.8) is 0 Å². The summed E-state index contributed by atoms with van der Waals surface area (Å²) in [6.45, 7) is 0. The van der Waals surface area contributed by atoms with E-state index in [0.717, 1.165) is 0 Å². The van der Waals surface area contributed by atoms with Crippen LogP contribution in [0.2, 0.25) is 0 Å². The average molecular weight is 343 g/mol. The third-order valence-electron chi connectivity index (χ3n) is 2.90. The molecule has 0 radical (unpaired) electrons. The fraction of sp³-hybridized carbons (Fsp3) is 0.0625. The number of hydrogen-bond donors (Lipinski definition) is 0. The van der Waals surface area contributed by atoms with Gasteiger partial charge in [0.05, 0.1) is 10.6 Å². The largest absolute Gasteiger partial charge is 0.290 e. The highest BCUT2D eigenvalue weighted by molar-refractivity contribution is 7.99. The molecule has 0 amide bonds. The maximum absolute atomic E-state index is 13.1. The number of rotatable bonds is 4. The Labute approximate surface area is 140 Å². The molecule has 0 N–H and O–H groups in total. The topological polar surface area (TPSA) is 47.8 Å². The molecule has 0 saturated heterocycles. The van der Waals surface area contributed by atoms with E-state index in [1.54, 1.807) is 24.3 Å². The highest BCUT2D eigenvalue weighted by atomic mass is 32.2. The smallest absolute Gasteiger partial charge is 0.266 e. The van der Waals surface area contributed by atoms with Crippen LogP contribution in [0.25, 0.3) is 11.4 Å². The second-order valence-corrected chi connectivity index (χ2v) is 6.30. The lowest BCUT2D eigenvalue weighted by Gasteiger charge is -2.03. The van der Waals surface area contributed by atoms with E-state index in [1.165, 1.54) is 39.9 Å². The molecule has 0 atom stereocenters. The molecule has 23 heavy (non-hydrogen) atoms. The zero-order valence-electron chi connectivity index (χ0n) is 11.8. The van der Waals surface area contributed by atoms with E-state index >= 15 is 0 Å². The monoisotopic (exact) mass is 343 g/mol. The van der Waals surface area contributed by atoms with E-state index in [2.05, 4.69) is 16.0 Å². The van der Waals surface area contributed by atoms with Crippen LogP contribution in [0.5, 0.6) is 0 Å². The van der Waals surface area contributed by atoms with Crippen molar-refractivity contribution in [1.82, 2.24) is 14.8 Å². The van der Waals surface area contributed by atoms with Crippen LogP contribution in [-0.2, 0) is 0 Å². The lowest BCUT2D eigenvalue weighted by atomic mass is 10.2. The number of carbonyl (C=O) groups excluding carboxylic acids is 1. The molecular formula is C16H10FN3OS2. The van der Waals surface area contributed by atoms with Crippen LogP contribution >= 0.6 is 23.1 Å². The van der Waals surface area contributed by atoms with Gasteiger partial charge in [-0.05, 0) is 35.7 Å². The van der Waals surface area contributed by atoms with E-state index in [-0.39, 0.29) is 11.7 Å². The Morgan fingerprint density at radius 3 is 2.78 bits per heavy atom. The van der Waals surface area contributed by atoms with Gasteiger partial charge >= 0.3 is 0 Å². The van der Waals surface area contributed by atoms with Crippen LogP contribution in [0, 0.1) is 18.2 Å². The molecule has 0 aliphatic carbocycles. The van der Waals surface area contributed by atoms with Gasteiger partial charge in [0.25, 0.3) is 5.91 Å². The summed E-state index contributed by atoms with van der Waals surface area (Å²) in [4.78, 5) is 17.5. The molecule has 4 nitrogen and oxygen atoms in total. The lowest BCUT2D eigenvalue weighted by Crippen LogP contribution is -2.13. The molecule has 1 aromatic carbocycles. The number of carbonyl (C=O) groups is 1. The van der Waals surface area contributed by atoms with E-state index in [9.17, 15) is 9.18 Å². The molecule has 114 valence electrons. The number of thioether (sulfide) groups is 1. The number of benzene rings is 1. The van der Waals surface area contributed by atoms with Crippen LogP contribution in [0.15, 0.2) is 46.9 Å². The number of aromatic nitrogens is 3. The molecule has 3 rings (SSSR count). The van der Waals surface area contributed by atoms with E-state index in [4.69, 9.17) is 6.42 Å². The maximum Gasteiger partial charge on any atom is 0.290 e. The minimum atomic E-state index is -0.355. The van der Waals surface area contributed by atoms with Crippen molar-refractivity contribution in [3.8, 4) is 23.7 Å². The zero-order chi connectivity index (χ0) is 16.2. The van der Waals surface area contributed by atoms with Gasteiger partial charge in [-0.2, -0.15) is 4.68 Å². The fourth-order valence-electron chi connectivity index (χ4n) is 1.89. The van der Waals surface area contributed by atoms with Crippen LogP contribution in [-0.4, -0.2) is 26.4 Å². The first kappa shape index (κ1) is 15.5. The Hall–Kier alpha value is -2.43. The standard InChI is InChI=1S/C16H10FN3OS2/c1-2-9-23-16-18-14(11-5-7-12(17)8-6-11)20(19-16)15(21)13-4-3-10-22-13/h1,3-8,10H,9H2. The predicted octanol–water partition coefficient (Wildman–Crippen LogP) is 3.56. The van der Waals surface area contributed by atoms with Gasteiger partial charge in [0.1, 0.15) is 5.82 Å². The normalized spacial score (nSPS) is 10.4. The molecule has 0 saturated carbocycles. The highest BCUT2D eigenvalue weighted by Crippen LogP contribution is 2.23. The lowest BCUT2D eigenvalue weighted by molar-refractivity contribution is 0.0950. The summed E-state index contributed by atoms with van der Waals surface area (Å²) in [7, 11) is 0. The van der Waals surface area contributed by atoms with Crippen molar-refractivity contribution in [1.29, 1.82) is 0 Å². The third kappa shape index (κ3) is 3.33. The summed E-state index contributed by atoms with van der Waals surface area (Å²) in [5.74, 6) is 2.62. The van der Waals surface area contributed by atoms with E-state index in [0.29, 0.717) is 27.2 Å². The number of halogens is 1. The summed E-state index contributed by atoms with van der Waals surface area (Å²) in [5.41, 5.74) is 0.608. The van der Waals surface area contributed by atoms with Crippen LogP contribution < -0.4 is 0 Å². The van der Waals surface area contributed by atoms with Gasteiger partial charge in [-0.3, -0.25) is 4.79 Å². The van der Waals surface area contributed by atoms with Crippen LogP contribution in [0.4, 0.5) is 4.39 Å². The van der Waals surface area contributed by atoms with Gasteiger partial charge in [-0.25, -0.2) is 9.37 Å². The van der Waals surface area contributed by atoms with Gasteiger partial charge in [0.2, 0.25) is 5.16 Å². The second-order valence-electron chi connectivity index (χ2n) is 4.41. The van der Waals surface area contributed by atoms with Crippen molar-refractivity contribution < 1.29 is 9.18 Å². The molecule has 2 aromatic heterocycles. The Kier molecular flexibility index (Phi) is 4.55. The van der Waals surface area contributed by atoms with Crippen molar-refractivity contribution >= 4 is 29.0 Å². The number of thiophene rings is 1. The number of nitrogens with zero attached hydrogens (tertiary/aromatic N) is 3. The van der Waals surface area contributed by atoms with E-state index < -0.39 is 0 Å². The minimum Gasteiger partial charge on any atom is -0.266 e. The number of terminal acetylenes is 1. The highest BCUT2D eigenvalue weighted by Gasteiger charge is 2.20. The molecule has 0 bridgehead atoms. The first-order valence-electron chi connectivity index (χ1n) is 6.56. The maximum atomic E-state index is 13.1. The molecule has 2 heterocycles. The Bertz CT molecular complexity index is 864. The molecular weight excluding hydrogens is 333 g/mol. The van der Waals surface area contributed by atoms with Gasteiger partial charge < -0.3 is 0 Å². The quantitative estimate of drug-likeness (QED) is 0.537. The fourth-order valence-corrected chi connectivity index (χ4v) is 3.04. The summed E-state index contributed by atoms with van der Waals surface area (Å²) in [5, 5.41) is 6.46. The molecule has 0 aliphatic heterocycles. The second kappa shape index (κ2) is 6.77. The SMILES string of the molecule is C#CCSc1nc(-c2ccc(F)cc2)n(C(=O)c2cccs2)n1. The number of hydrogen-bond acceptors (Lipinski definition) is 5. The first-order chi connectivity index (χ1) is 11.2. The third-order valence-corrected chi connectivity index (χ3v) is 4.50. The molecule has 0 fully saturated rings. The minimum absolute atomic E-state index is 0.278. The Morgan fingerprint density at radius 2 is 2.13 bits per heavy atom. The Morgan fingerprint density at radius 1 is 1.35 bits per heavy atom. The van der Waals surface area contributed by atoms with Gasteiger partial charge in [0.15, 0.2) is 5.82 Å². The van der Waals surface area contributed by atoms with Crippen molar-refractivity contribution in [2.45, 2.75) is 5.16 Å². The van der Waals surface area contributed by atoms with E-state index in [1.807, 2.05) is 5.38 Å². The molecule has 0 unspecified atom stereocenters. The molecule has 7 heteroatoms. The summed E-state index contributed by atoms with van der Waals surface area (Å²) in [6, 6.07) is 9.27. The predicted molar refractivity (Wildman–Crippen MR) is 89.0 cm³/mol. The van der Waals surface area contributed by atoms with Crippen molar-refractivity contribution in [2.24, 2.45) is 0 Å². The van der Waals surface area contributed by atoms with Crippen LogP contribution in [0.1, 0.15) is 9.67 Å². The summed E-state index contributed by atoms with van der Waals surface area (Å²) >= 11 is 2.59. The molecule has 0 spiro atoms. The average Bonchev–Trinajstić information content (AvgIpc) is 3.23. The Balaban J connectivity index is 2.05. The molecule has 3 aromatic rings. The van der Waals surface area contributed by atoms with Gasteiger partial charge in [-0.15, -0.1) is 22.9 Å². The van der Waals surface area contributed by atoms with Gasteiger partial charge in [0, 0.05) is 5.56 Å². The van der Waals surface area contributed by atoms with Crippen molar-refractivity contribution in [2.75, 3.05) is 5.75 Å². The summed E-state index contributed by atoms with van der Waals surface area (Å²) in [6.07, 6.45) is 5.25. The van der Waals surface area contributed by atoms with Crippen LogP contribution in [0.3, 0.4) is 0 Å². The zero-order valence-corrected chi connectivity index (χ0v) is 13.4. The molecule has 0 aliphatic rings. The van der Waals surface area contributed by atoms with Crippen molar-refractivity contribution in [3.05, 3.63) is 52.5 Å². The summed E-state index contributed by atoms with van der Waals surface area (Å²) < 4.78 is 14.4. The first-order valence-corrected chi connectivity index (χ1v) is 8.43.